The van der Waals surface area contributed by atoms with Crippen LogP contribution in [0.25, 0.3) is 0 Å². The number of rotatable bonds is 5. The molecule has 4 heteroatoms. The van der Waals surface area contributed by atoms with E-state index in [4.69, 9.17) is 10.8 Å². The summed E-state index contributed by atoms with van der Waals surface area (Å²) in [5.41, 5.74) is 5.58. The lowest BCUT2D eigenvalue weighted by atomic mass is 9.84. The maximum atomic E-state index is 12.1. The van der Waals surface area contributed by atoms with E-state index < -0.39 is 5.41 Å². The normalized spacial score (nSPS) is 31.4. The third-order valence-electron chi connectivity index (χ3n) is 3.85. The van der Waals surface area contributed by atoms with E-state index >= 15 is 0 Å². The molecule has 16 heavy (non-hydrogen) atoms. The Morgan fingerprint density at radius 1 is 1.69 bits per heavy atom. The Kier molecular flexibility index (Phi) is 4.74. The summed E-state index contributed by atoms with van der Waals surface area (Å²) in [5, 5.41) is 11.9. The molecule has 3 atom stereocenters. The molecule has 3 unspecified atom stereocenters. The van der Waals surface area contributed by atoms with E-state index in [9.17, 15) is 4.79 Å². The second-order valence-electron chi connectivity index (χ2n) is 5.01. The average molecular weight is 228 g/mol. The van der Waals surface area contributed by atoms with Crippen LogP contribution in [-0.4, -0.2) is 29.7 Å². The molecule has 1 rings (SSSR count). The van der Waals surface area contributed by atoms with Crippen LogP contribution in [0.15, 0.2) is 0 Å². The van der Waals surface area contributed by atoms with Crippen molar-refractivity contribution in [1.29, 1.82) is 0 Å². The number of nitrogens with two attached hydrogens (primary N) is 1. The Morgan fingerprint density at radius 2 is 2.38 bits per heavy atom. The zero-order valence-electron chi connectivity index (χ0n) is 10.3. The summed E-state index contributed by atoms with van der Waals surface area (Å²) in [7, 11) is 0. The van der Waals surface area contributed by atoms with Crippen LogP contribution in [-0.2, 0) is 4.79 Å². The molecular formula is C12H24N2O2. The van der Waals surface area contributed by atoms with E-state index in [1.165, 1.54) is 0 Å². The van der Waals surface area contributed by atoms with Gasteiger partial charge < -0.3 is 16.2 Å². The fourth-order valence-electron chi connectivity index (χ4n) is 2.36. The van der Waals surface area contributed by atoms with Gasteiger partial charge in [0.15, 0.2) is 0 Å². The SMILES string of the molecule is CCC(CCO)NC(=O)C1(C)CCCC1N. The zero-order valence-corrected chi connectivity index (χ0v) is 10.3. The zero-order chi connectivity index (χ0) is 12.2. The molecule has 1 saturated carbocycles. The van der Waals surface area contributed by atoms with Crippen molar-refractivity contribution >= 4 is 5.91 Å². The lowest BCUT2D eigenvalue weighted by molar-refractivity contribution is -0.131. The van der Waals surface area contributed by atoms with Crippen LogP contribution < -0.4 is 11.1 Å². The van der Waals surface area contributed by atoms with Gasteiger partial charge in [0.2, 0.25) is 5.91 Å². The van der Waals surface area contributed by atoms with Crippen LogP contribution in [0, 0.1) is 5.41 Å². The lowest BCUT2D eigenvalue weighted by Crippen LogP contribution is -2.50. The fourth-order valence-corrected chi connectivity index (χ4v) is 2.36. The quantitative estimate of drug-likeness (QED) is 0.651. The summed E-state index contributed by atoms with van der Waals surface area (Å²) >= 11 is 0. The van der Waals surface area contributed by atoms with Crippen molar-refractivity contribution in [3.8, 4) is 0 Å². The van der Waals surface area contributed by atoms with Crippen LogP contribution in [0.4, 0.5) is 0 Å². The number of aliphatic hydroxyl groups is 1. The molecule has 4 N–H and O–H groups in total. The van der Waals surface area contributed by atoms with Crippen LogP contribution >= 0.6 is 0 Å². The van der Waals surface area contributed by atoms with Crippen molar-refractivity contribution in [2.24, 2.45) is 11.1 Å². The van der Waals surface area contributed by atoms with Crippen LogP contribution in [0.2, 0.25) is 0 Å². The summed E-state index contributed by atoms with van der Waals surface area (Å²) in [6.07, 6.45) is 4.29. The van der Waals surface area contributed by atoms with Gasteiger partial charge in [-0.25, -0.2) is 0 Å². The highest BCUT2D eigenvalue weighted by molar-refractivity contribution is 5.83. The predicted octanol–water partition coefficient (Wildman–Crippen LogP) is 0.781. The Balaban J connectivity index is 2.56. The Hall–Kier alpha value is -0.610. The van der Waals surface area contributed by atoms with E-state index in [0.717, 1.165) is 25.7 Å². The van der Waals surface area contributed by atoms with E-state index in [1.807, 2.05) is 13.8 Å². The molecule has 0 heterocycles. The molecule has 1 aliphatic carbocycles. The lowest BCUT2D eigenvalue weighted by Gasteiger charge is -2.30. The molecule has 1 aliphatic rings. The fraction of sp³-hybridized carbons (Fsp3) is 0.917. The molecule has 0 aromatic carbocycles. The smallest absolute Gasteiger partial charge is 0.227 e. The summed E-state index contributed by atoms with van der Waals surface area (Å²) in [5.74, 6) is 0.0535. The highest BCUT2D eigenvalue weighted by Crippen LogP contribution is 2.36. The van der Waals surface area contributed by atoms with E-state index in [1.54, 1.807) is 0 Å². The van der Waals surface area contributed by atoms with Gasteiger partial charge in [-0.2, -0.15) is 0 Å². The second-order valence-corrected chi connectivity index (χ2v) is 5.01. The van der Waals surface area contributed by atoms with Crippen molar-refractivity contribution in [2.75, 3.05) is 6.61 Å². The van der Waals surface area contributed by atoms with Crippen molar-refractivity contribution in [3.05, 3.63) is 0 Å². The average Bonchev–Trinajstić information content (AvgIpc) is 2.60. The summed E-state index contributed by atoms with van der Waals surface area (Å²) in [4.78, 5) is 12.1. The molecule has 0 aliphatic heterocycles. The Labute approximate surface area is 97.6 Å². The molecule has 0 aromatic heterocycles. The molecular weight excluding hydrogens is 204 g/mol. The number of nitrogens with one attached hydrogen (secondary N) is 1. The topological polar surface area (TPSA) is 75.3 Å². The van der Waals surface area contributed by atoms with Gasteiger partial charge in [-0.1, -0.05) is 13.3 Å². The molecule has 1 amide bonds. The minimum Gasteiger partial charge on any atom is -0.396 e. The van der Waals surface area contributed by atoms with E-state index in [0.29, 0.717) is 6.42 Å². The van der Waals surface area contributed by atoms with Crippen molar-refractivity contribution in [1.82, 2.24) is 5.32 Å². The number of carbonyl (C=O) groups is 1. The molecule has 1 fully saturated rings. The van der Waals surface area contributed by atoms with Gasteiger partial charge in [-0.15, -0.1) is 0 Å². The first-order valence-electron chi connectivity index (χ1n) is 6.22. The van der Waals surface area contributed by atoms with Crippen molar-refractivity contribution in [3.63, 3.8) is 0 Å². The predicted molar refractivity (Wildman–Crippen MR) is 63.9 cm³/mol. The Morgan fingerprint density at radius 3 is 2.81 bits per heavy atom. The van der Waals surface area contributed by atoms with Gasteiger partial charge >= 0.3 is 0 Å². The number of amides is 1. The maximum Gasteiger partial charge on any atom is 0.227 e. The first-order chi connectivity index (χ1) is 7.54. The van der Waals surface area contributed by atoms with Gasteiger partial charge in [0.1, 0.15) is 0 Å². The molecule has 0 aromatic rings. The minimum absolute atomic E-state index is 0.0286. The van der Waals surface area contributed by atoms with Gasteiger partial charge in [-0.05, 0) is 32.6 Å². The first kappa shape index (κ1) is 13.5. The van der Waals surface area contributed by atoms with E-state index in [2.05, 4.69) is 5.32 Å². The Bertz CT molecular complexity index is 245. The molecule has 4 nitrogen and oxygen atoms in total. The largest absolute Gasteiger partial charge is 0.396 e. The number of carbonyl (C=O) groups excluding carboxylic acids is 1. The molecule has 0 spiro atoms. The molecule has 94 valence electrons. The third kappa shape index (κ3) is 2.74. The van der Waals surface area contributed by atoms with Crippen molar-refractivity contribution in [2.45, 2.75) is 58.0 Å². The monoisotopic (exact) mass is 228 g/mol. The van der Waals surface area contributed by atoms with Gasteiger partial charge in [-0.3, -0.25) is 4.79 Å². The standard InChI is InChI=1S/C12H24N2O2/c1-3-9(6-8-15)14-11(16)12(2)7-4-5-10(12)13/h9-10,15H,3-8,13H2,1-2H3,(H,14,16). The van der Waals surface area contributed by atoms with Gasteiger partial charge in [0.25, 0.3) is 0 Å². The number of hydrogen-bond donors (Lipinski definition) is 3. The highest BCUT2D eigenvalue weighted by atomic mass is 16.3. The summed E-state index contributed by atoms with van der Waals surface area (Å²) in [6.45, 7) is 4.07. The van der Waals surface area contributed by atoms with Crippen LogP contribution in [0.3, 0.4) is 0 Å². The number of aliphatic hydroxyl groups excluding tert-OH is 1. The maximum absolute atomic E-state index is 12.1. The van der Waals surface area contributed by atoms with Crippen molar-refractivity contribution < 1.29 is 9.90 Å². The van der Waals surface area contributed by atoms with Crippen LogP contribution in [0.5, 0.6) is 0 Å². The second kappa shape index (κ2) is 5.64. The van der Waals surface area contributed by atoms with Gasteiger partial charge in [0.05, 0.1) is 5.41 Å². The highest BCUT2D eigenvalue weighted by Gasteiger charge is 2.43. The van der Waals surface area contributed by atoms with E-state index in [-0.39, 0.29) is 24.6 Å². The molecule has 0 saturated heterocycles. The van der Waals surface area contributed by atoms with Gasteiger partial charge in [0, 0.05) is 18.7 Å². The third-order valence-corrected chi connectivity index (χ3v) is 3.85. The molecule has 0 radical (unpaired) electrons. The first-order valence-corrected chi connectivity index (χ1v) is 6.22. The minimum atomic E-state index is -0.414. The summed E-state index contributed by atoms with van der Waals surface area (Å²) < 4.78 is 0. The van der Waals surface area contributed by atoms with Crippen LogP contribution in [0.1, 0.15) is 46.0 Å². The number of hydrogen-bond acceptors (Lipinski definition) is 3. The molecule has 0 bridgehead atoms. The summed E-state index contributed by atoms with van der Waals surface area (Å²) in [6, 6.07) is 0.0428.